The van der Waals surface area contributed by atoms with Gasteiger partial charge in [0.2, 0.25) is 6.29 Å². The largest absolute Gasteiger partial charge is 0.446 e. The predicted molar refractivity (Wildman–Crippen MR) is 142 cm³/mol. The molecule has 0 spiro atoms. The maximum atomic E-state index is 11.5. The van der Waals surface area contributed by atoms with Crippen molar-refractivity contribution in [2.75, 3.05) is 5.34 Å². The van der Waals surface area contributed by atoms with Crippen LogP contribution in [0.2, 0.25) is 0 Å². The van der Waals surface area contributed by atoms with E-state index in [1.54, 1.807) is 12.4 Å². The van der Waals surface area contributed by atoms with E-state index in [4.69, 9.17) is 38.5 Å². The van der Waals surface area contributed by atoms with Gasteiger partial charge in [-0.2, -0.15) is 13.2 Å². The molecule has 1 amide bonds. The summed E-state index contributed by atoms with van der Waals surface area (Å²) in [7, 11) is 0. The number of nitrogens with one attached hydrogen (secondary N) is 3. The average Bonchev–Trinajstić information content (AvgIpc) is 3.52. The molecule has 208 valence electrons. The number of fused-ring (bicyclic) bond motifs is 2. The Kier molecular flexibility index (Phi) is 13.6. The summed E-state index contributed by atoms with van der Waals surface area (Å²) in [5.74, 6) is 0. The number of ether oxygens (including phenoxy) is 1. The van der Waals surface area contributed by atoms with Crippen molar-refractivity contribution in [1.82, 2.24) is 25.3 Å². The first-order valence-corrected chi connectivity index (χ1v) is 12.1. The third-order valence-corrected chi connectivity index (χ3v) is 4.28. The minimum atomic E-state index is -4.64. The van der Waals surface area contributed by atoms with Crippen LogP contribution in [0.25, 0.3) is 22.1 Å². The molecule has 5 N–H and O–H groups in total. The summed E-state index contributed by atoms with van der Waals surface area (Å²) in [6.45, 7) is 6.50. The highest BCUT2D eigenvalue weighted by Crippen LogP contribution is 2.15. The monoisotopic (exact) mass is 576 g/mol. The Balaban J connectivity index is 0.000000305. The molecule has 4 aromatic heterocycles. The molecular formula is C24H29Cl2F3N6O3. The average molecular weight is 577 g/mol. The van der Waals surface area contributed by atoms with Gasteiger partial charge in [-0.05, 0) is 56.2 Å². The second-order valence-electron chi connectivity index (χ2n) is 8.24. The number of aldehydes is 1. The van der Waals surface area contributed by atoms with Crippen LogP contribution in [-0.4, -0.2) is 49.4 Å². The summed E-state index contributed by atoms with van der Waals surface area (Å²) >= 11 is 9.53. The SMILES string of the molecule is CC(C)(C)OC(=O)NCc1ccnc2[nH]ccc12.ClCCl.NCc1ccnc2[nH]ccc12.O=CC(F)(F)F. The number of alkyl halides is 5. The maximum Gasteiger partial charge on any atom is 0.446 e. The topological polar surface area (TPSA) is 139 Å². The number of carbonyl (C=O) groups excluding carboxylic acids is 2. The lowest BCUT2D eigenvalue weighted by Crippen LogP contribution is -2.32. The lowest BCUT2D eigenvalue weighted by molar-refractivity contribution is -0.156. The Hall–Kier alpha value is -3.35. The van der Waals surface area contributed by atoms with Gasteiger partial charge in [-0.15, -0.1) is 23.2 Å². The van der Waals surface area contributed by atoms with E-state index in [1.165, 1.54) is 0 Å². The zero-order valence-corrected chi connectivity index (χ0v) is 22.4. The number of aromatic amines is 2. The quantitative estimate of drug-likeness (QED) is 0.180. The number of H-pyrrole nitrogens is 2. The van der Waals surface area contributed by atoms with Gasteiger partial charge >= 0.3 is 12.3 Å². The second-order valence-corrected chi connectivity index (χ2v) is 9.05. The molecule has 4 heterocycles. The number of amides is 1. The minimum absolute atomic E-state index is 0.194. The first-order chi connectivity index (χ1) is 17.8. The molecule has 0 aliphatic heterocycles. The maximum absolute atomic E-state index is 11.5. The van der Waals surface area contributed by atoms with Crippen LogP contribution < -0.4 is 11.1 Å². The second kappa shape index (κ2) is 15.8. The van der Waals surface area contributed by atoms with Gasteiger partial charge in [0.15, 0.2) is 0 Å². The molecule has 0 saturated heterocycles. The summed E-state index contributed by atoms with van der Waals surface area (Å²) in [6.07, 6.45) is 1.06. The first-order valence-electron chi connectivity index (χ1n) is 11.0. The molecule has 0 aromatic carbocycles. The number of halogens is 5. The van der Waals surface area contributed by atoms with Crippen molar-refractivity contribution in [3.8, 4) is 0 Å². The van der Waals surface area contributed by atoms with Gasteiger partial charge in [0.1, 0.15) is 16.9 Å². The van der Waals surface area contributed by atoms with E-state index >= 15 is 0 Å². The number of hydrogen-bond donors (Lipinski definition) is 4. The third-order valence-electron chi connectivity index (χ3n) is 4.28. The van der Waals surface area contributed by atoms with Crippen LogP contribution in [0.15, 0.2) is 49.1 Å². The van der Waals surface area contributed by atoms with Crippen molar-refractivity contribution >= 4 is 57.6 Å². The van der Waals surface area contributed by atoms with Crippen molar-refractivity contribution in [2.24, 2.45) is 5.73 Å². The van der Waals surface area contributed by atoms with E-state index in [2.05, 4.69) is 25.3 Å². The minimum Gasteiger partial charge on any atom is -0.444 e. The fourth-order valence-corrected chi connectivity index (χ4v) is 2.85. The standard InChI is InChI=1S/C13H17N3O2.C8H9N3.C2HF3O.CH2Cl2/c1-13(2,3)18-12(17)16-8-9-4-6-14-11-10(9)5-7-15-11;9-5-6-1-3-10-8-7(6)2-4-11-8;3-2(4,5)1-6;2-1-3/h4-7H,8H2,1-3H3,(H,14,15)(H,16,17);1-4H,5,9H2,(H,10,11);1H;1H2. The Morgan fingerprint density at radius 1 is 1.00 bits per heavy atom. The number of pyridine rings is 2. The lowest BCUT2D eigenvalue weighted by atomic mass is 10.2. The van der Waals surface area contributed by atoms with Crippen molar-refractivity contribution < 1.29 is 27.5 Å². The number of nitrogens with zero attached hydrogens (tertiary/aromatic N) is 2. The number of rotatable bonds is 3. The first kappa shape index (κ1) is 32.7. The van der Waals surface area contributed by atoms with Crippen LogP contribution in [0.5, 0.6) is 0 Å². The van der Waals surface area contributed by atoms with Crippen molar-refractivity contribution in [3.63, 3.8) is 0 Å². The van der Waals surface area contributed by atoms with E-state index in [0.29, 0.717) is 13.1 Å². The number of hydrogen-bond acceptors (Lipinski definition) is 6. The zero-order chi connectivity index (χ0) is 28.8. The molecule has 0 bridgehead atoms. The van der Waals surface area contributed by atoms with E-state index in [1.807, 2.05) is 57.4 Å². The van der Waals surface area contributed by atoms with E-state index < -0.39 is 24.2 Å². The number of carbonyl (C=O) groups is 2. The number of nitrogens with two attached hydrogens (primary N) is 1. The van der Waals surface area contributed by atoms with Crippen LogP contribution in [0.3, 0.4) is 0 Å². The molecule has 0 saturated carbocycles. The Labute approximate surface area is 227 Å². The Morgan fingerprint density at radius 3 is 1.87 bits per heavy atom. The van der Waals surface area contributed by atoms with Crippen molar-refractivity contribution in [3.05, 3.63) is 60.2 Å². The molecule has 0 unspecified atom stereocenters. The molecule has 0 aliphatic rings. The molecule has 0 aliphatic carbocycles. The molecule has 38 heavy (non-hydrogen) atoms. The zero-order valence-electron chi connectivity index (χ0n) is 20.9. The lowest BCUT2D eigenvalue weighted by Gasteiger charge is -2.19. The summed E-state index contributed by atoms with van der Waals surface area (Å²) < 4.78 is 36.4. The summed E-state index contributed by atoms with van der Waals surface area (Å²) in [4.78, 5) is 34.6. The van der Waals surface area contributed by atoms with Crippen molar-refractivity contribution in [2.45, 2.75) is 45.6 Å². The normalized spacial score (nSPS) is 10.8. The fourth-order valence-electron chi connectivity index (χ4n) is 2.85. The van der Waals surface area contributed by atoms with Crippen molar-refractivity contribution in [1.29, 1.82) is 0 Å². The van der Waals surface area contributed by atoms with Gasteiger partial charge < -0.3 is 25.8 Å². The van der Waals surface area contributed by atoms with Gasteiger partial charge in [0.05, 0.1) is 5.34 Å². The summed E-state index contributed by atoms with van der Waals surface area (Å²) in [6, 6.07) is 7.75. The van der Waals surface area contributed by atoms with Gasteiger partial charge in [-0.3, -0.25) is 4.79 Å². The van der Waals surface area contributed by atoms with E-state index in [-0.39, 0.29) is 5.34 Å². The highest BCUT2D eigenvalue weighted by molar-refractivity contribution is 6.40. The molecule has 0 fully saturated rings. The smallest absolute Gasteiger partial charge is 0.444 e. The molecule has 9 nitrogen and oxygen atoms in total. The van der Waals surface area contributed by atoms with Crippen LogP contribution >= 0.6 is 23.2 Å². The summed E-state index contributed by atoms with van der Waals surface area (Å²) in [5, 5.41) is 5.06. The Morgan fingerprint density at radius 2 is 1.45 bits per heavy atom. The van der Waals surface area contributed by atoms with Crippen LogP contribution in [-0.2, 0) is 22.6 Å². The van der Waals surface area contributed by atoms with Gasteiger partial charge in [-0.1, -0.05) is 0 Å². The highest BCUT2D eigenvalue weighted by Gasteiger charge is 2.24. The van der Waals surface area contributed by atoms with E-state index in [9.17, 15) is 18.0 Å². The molecule has 14 heteroatoms. The van der Waals surface area contributed by atoms with Gasteiger partial charge in [0, 0.05) is 48.6 Å². The van der Waals surface area contributed by atoms with Gasteiger partial charge in [-0.25, -0.2) is 14.8 Å². The molecular weight excluding hydrogens is 548 g/mol. The predicted octanol–water partition coefficient (Wildman–Crippen LogP) is 5.78. The highest BCUT2D eigenvalue weighted by atomic mass is 35.5. The molecule has 4 rings (SSSR count). The third kappa shape index (κ3) is 12.3. The van der Waals surface area contributed by atoms with Crippen LogP contribution in [0, 0.1) is 0 Å². The van der Waals surface area contributed by atoms with Crippen LogP contribution in [0.1, 0.15) is 31.9 Å². The molecule has 0 atom stereocenters. The van der Waals surface area contributed by atoms with E-state index in [0.717, 1.165) is 33.2 Å². The Bertz CT molecular complexity index is 1270. The fraction of sp³-hybridized carbons (Fsp3) is 0.333. The number of alkyl carbamates (subject to hydrolysis) is 1. The molecule has 0 radical (unpaired) electrons. The number of aromatic nitrogens is 4. The van der Waals surface area contributed by atoms with Gasteiger partial charge in [0.25, 0.3) is 0 Å². The summed E-state index contributed by atoms with van der Waals surface area (Å²) in [5.41, 5.74) is 8.92. The van der Waals surface area contributed by atoms with Crippen LogP contribution in [0.4, 0.5) is 18.0 Å². The molecule has 4 aromatic rings.